The van der Waals surface area contributed by atoms with Gasteiger partial charge in [0.05, 0.1) is 6.61 Å². The minimum atomic E-state index is -0.436. The third kappa shape index (κ3) is 7.84. The first kappa shape index (κ1) is 22.8. The fraction of sp³-hybridized carbons (Fsp3) is 0.280. The van der Waals surface area contributed by atoms with Crippen LogP contribution < -0.4 is 9.47 Å². The highest BCUT2D eigenvalue weighted by Gasteiger charge is 2.06. The topological polar surface area (TPSA) is 61.8 Å². The molecule has 0 aliphatic heterocycles. The molecule has 0 atom stereocenters. The van der Waals surface area contributed by atoms with E-state index in [2.05, 4.69) is 18.4 Å². The minimum absolute atomic E-state index is 0.203. The van der Waals surface area contributed by atoms with Gasteiger partial charge in [0.25, 0.3) is 0 Å². The fourth-order valence-electron chi connectivity index (χ4n) is 2.37. The van der Waals surface area contributed by atoms with Crippen molar-refractivity contribution in [2.75, 3.05) is 13.2 Å². The van der Waals surface area contributed by atoms with Gasteiger partial charge in [-0.1, -0.05) is 49.6 Å². The first-order valence-corrected chi connectivity index (χ1v) is 9.82. The monoisotopic (exact) mass is 406 g/mol. The Morgan fingerprint density at radius 3 is 1.93 bits per heavy atom. The second kappa shape index (κ2) is 12.1. The van der Waals surface area contributed by atoms with Crippen LogP contribution in [0.5, 0.6) is 11.5 Å². The molecule has 0 aromatic heterocycles. The van der Waals surface area contributed by atoms with Crippen molar-refractivity contribution in [1.82, 2.24) is 0 Å². The molecular formula is C25H26O5. The Bertz CT molecular complexity index is 915. The summed E-state index contributed by atoms with van der Waals surface area (Å²) >= 11 is 0. The quantitative estimate of drug-likeness (QED) is 0.194. The van der Waals surface area contributed by atoms with Crippen molar-refractivity contribution in [1.29, 1.82) is 0 Å². The summed E-state index contributed by atoms with van der Waals surface area (Å²) in [6.07, 6.45) is 1.52. The van der Waals surface area contributed by atoms with Crippen LogP contribution in [0.1, 0.15) is 33.1 Å². The average Bonchev–Trinajstić information content (AvgIpc) is 2.76. The van der Waals surface area contributed by atoms with Gasteiger partial charge < -0.3 is 14.2 Å². The summed E-state index contributed by atoms with van der Waals surface area (Å²) in [5.74, 6) is 6.57. The molecule has 0 saturated carbocycles. The maximum absolute atomic E-state index is 11.6. The number of ether oxygens (including phenoxy) is 3. The van der Waals surface area contributed by atoms with Crippen LogP contribution in [-0.2, 0) is 14.3 Å². The number of rotatable bonds is 9. The second-order valence-corrected chi connectivity index (χ2v) is 6.49. The maximum atomic E-state index is 11.6. The minimum Gasteiger partial charge on any atom is -0.493 e. The Morgan fingerprint density at radius 2 is 1.40 bits per heavy atom. The van der Waals surface area contributed by atoms with Crippen molar-refractivity contribution in [3.05, 3.63) is 60.7 Å². The molecule has 0 N–H and O–H groups in total. The molecule has 0 spiro atoms. The van der Waals surface area contributed by atoms with E-state index in [1.165, 1.54) is 0 Å². The molecule has 0 amide bonds. The molecule has 5 nitrogen and oxygen atoms in total. The lowest BCUT2D eigenvalue weighted by molar-refractivity contribution is -0.143. The first-order chi connectivity index (χ1) is 14.5. The van der Waals surface area contributed by atoms with E-state index in [1.807, 2.05) is 36.4 Å². The highest BCUT2D eigenvalue weighted by atomic mass is 16.5. The zero-order valence-electron chi connectivity index (χ0n) is 17.4. The van der Waals surface area contributed by atoms with E-state index in [-0.39, 0.29) is 5.97 Å². The van der Waals surface area contributed by atoms with Crippen molar-refractivity contribution in [2.24, 2.45) is 0 Å². The molecule has 0 unspecified atom stereocenters. The lowest BCUT2D eigenvalue weighted by Crippen LogP contribution is -2.07. The number of carbonyl (C=O) groups is 2. The lowest BCUT2D eigenvalue weighted by Gasteiger charge is -2.07. The molecule has 0 radical (unpaired) electrons. The highest BCUT2D eigenvalue weighted by Crippen LogP contribution is 2.25. The van der Waals surface area contributed by atoms with E-state index in [1.54, 1.807) is 26.0 Å². The Morgan fingerprint density at radius 1 is 0.867 bits per heavy atom. The molecular weight excluding hydrogens is 380 g/mol. The summed E-state index contributed by atoms with van der Waals surface area (Å²) in [6, 6.07) is 15.0. The summed E-state index contributed by atoms with van der Waals surface area (Å²) in [4.78, 5) is 22.5. The summed E-state index contributed by atoms with van der Waals surface area (Å²) in [6.45, 7) is 7.76. The predicted molar refractivity (Wildman–Crippen MR) is 116 cm³/mol. The SMILES string of the molecule is C=C(C)C(=O)Oc1ccc(-c2ccc(OCCC#CCCOC(=O)CC)cc2)cc1. The van der Waals surface area contributed by atoms with Crippen LogP contribution in [0.15, 0.2) is 60.7 Å². The van der Waals surface area contributed by atoms with Gasteiger partial charge in [-0.15, -0.1) is 0 Å². The first-order valence-electron chi connectivity index (χ1n) is 9.82. The molecule has 0 saturated heterocycles. The Labute approximate surface area is 177 Å². The van der Waals surface area contributed by atoms with Crippen LogP contribution in [0.4, 0.5) is 0 Å². The number of benzene rings is 2. The van der Waals surface area contributed by atoms with Crippen LogP contribution in [0.3, 0.4) is 0 Å². The molecule has 0 aliphatic carbocycles. The van der Waals surface area contributed by atoms with Gasteiger partial charge in [0.1, 0.15) is 18.1 Å². The molecule has 0 bridgehead atoms. The molecule has 2 aromatic carbocycles. The van der Waals surface area contributed by atoms with Crippen molar-refractivity contribution in [3.63, 3.8) is 0 Å². The molecule has 0 aliphatic rings. The predicted octanol–water partition coefficient (Wildman–Crippen LogP) is 4.95. The molecule has 2 rings (SSSR count). The van der Waals surface area contributed by atoms with Gasteiger partial charge in [-0.25, -0.2) is 4.79 Å². The zero-order valence-corrected chi connectivity index (χ0v) is 17.4. The van der Waals surface area contributed by atoms with Gasteiger partial charge in [0, 0.05) is 24.8 Å². The summed E-state index contributed by atoms with van der Waals surface area (Å²) in [5.41, 5.74) is 2.39. The number of esters is 2. The van der Waals surface area contributed by atoms with Gasteiger partial charge >= 0.3 is 11.9 Å². The van der Waals surface area contributed by atoms with Crippen molar-refractivity contribution >= 4 is 11.9 Å². The van der Waals surface area contributed by atoms with Gasteiger partial charge in [0.15, 0.2) is 0 Å². The molecule has 0 fully saturated rings. The van der Waals surface area contributed by atoms with E-state index < -0.39 is 5.97 Å². The summed E-state index contributed by atoms with van der Waals surface area (Å²) < 4.78 is 15.8. The van der Waals surface area contributed by atoms with Gasteiger partial charge in [-0.05, 0) is 42.3 Å². The third-order valence-corrected chi connectivity index (χ3v) is 4.00. The van der Waals surface area contributed by atoms with E-state index in [0.717, 1.165) is 16.9 Å². The Balaban J connectivity index is 1.76. The largest absolute Gasteiger partial charge is 0.493 e. The van der Waals surface area contributed by atoms with Gasteiger partial charge in [0.2, 0.25) is 0 Å². The van der Waals surface area contributed by atoms with Crippen molar-refractivity contribution < 1.29 is 23.8 Å². The van der Waals surface area contributed by atoms with Crippen LogP contribution in [0.25, 0.3) is 11.1 Å². The molecule has 30 heavy (non-hydrogen) atoms. The van der Waals surface area contributed by atoms with E-state index >= 15 is 0 Å². The van der Waals surface area contributed by atoms with E-state index in [9.17, 15) is 9.59 Å². The summed E-state index contributed by atoms with van der Waals surface area (Å²) in [5, 5.41) is 0. The van der Waals surface area contributed by atoms with Crippen molar-refractivity contribution in [2.45, 2.75) is 33.1 Å². The lowest BCUT2D eigenvalue weighted by atomic mass is 10.1. The van der Waals surface area contributed by atoms with Crippen LogP contribution in [0, 0.1) is 11.8 Å². The van der Waals surface area contributed by atoms with E-state index in [4.69, 9.17) is 14.2 Å². The molecule has 0 heterocycles. The second-order valence-electron chi connectivity index (χ2n) is 6.49. The Hall–Kier alpha value is -3.52. The Kier molecular flexibility index (Phi) is 9.20. The molecule has 156 valence electrons. The summed E-state index contributed by atoms with van der Waals surface area (Å²) in [7, 11) is 0. The maximum Gasteiger partial charge on any atom is 0.338 e. The third-order valence-electron chi connectivity index (χ3n) is 4.00. The molecule has 5 heteroatoms. The number of hydrogen-bond donors (Lipinski definition) is 0. The smallest absolute Gasteiger partial charge is 0.338 e. The van der Waals surface area contributed by atoms with Crippen LogP contribution >= 0.6 is 0 Å². The highest BCUT2D eigenvalue weighted by molar-refractivity contribution is 5.88. The zero-order chi connectivity index (χ0) is 21.8. The number of carbonyl (C=O) groups excluding carboxylic acids is 2. The van der Waals surface area contributed by atoms with E-state index in [0.29, 0.717) is 43.8 Å². The van der Waals surface area contributed by atoms with Crippen LogP contribution in [0.2, 0.25) is 0 Å². The van der Waals surface area contributed by atoms with Crippen molar-refractivity contribution in [3.8, 4) is 34.5 Å². The van der Waals surface area contributed by atoms with Gasteiger partial charge in [-0.2, -0.15) is 0 Å². The standard InChI is InChI=1S/C25H26O5/c1-4-24(26)29-18-8-6-5-7-17-28-22-13-9-20(10-14-22)21-11-15-23(16-12-21)30-25(27)19(2)3/h9-16H,2,4,7-8,17-18H2,1,3H3. The number of hydrogen-bond acceptors (Lipinski definition) is 5. The van der Waals surface area contributed by atoms with Crippen LogP contribution in [-0.4, -0.2) is 25.2 Å². The average molecular weight is 406 g/mol. The normalized spacial score (nSPS) is 9.80. The van der Waals surface area contributed by atoms with Gasteiger partial charge in [-0.3, -0.25) is 4.79 Å². The fourth-order valence-corrected chi connectivity index (χ4v) is 2.37. The molecule has 2 aromatic rings.